The Balaban J connectivity index is 1.54. The summed E-state index contributed by atoms with van der Waals surface area (Å²) >= 11 is 12.6. The highest BCUT2D eigenvalue weighted by molar-refractivity contribution is 6.34. The second-order valence-corrected chi connectivity index (χ2v) is 7.75. The maximum atomic E-state index is 13.3. The number of carbonyl (C=O) groups excluding carboxylic acids is 1. The first-order valence-corrected chi connectivity index (χ1v) is 10.0. The number of carbonyl (C=O) groups is 1. The first-order valence-electron chi connectivity index (χ1n) is 9.26. The molecule has 0 atom stereocenters. The van der Waals surface area contributed by atoms with Crippen LogP contribution in [0.2, 0.25) is 10.0 Å². The van der Waals surface area contributed by atoms with Gasteiger partial charge in [0, 0.05) is 37.4 Å². The summed E-state index contributed by atoms with van der Waals surface area (Å²) in [5.41, 5.74) is 8.94. The van der Waals surface area contributed by atoms with E-state index >= 15 is 0 Å². The van der Waals surface area contributed by atoms with E-state index in [4.69, 9.17) is 33.5 Å². The number of piperazine rings is 1. The van der Waals surface area contributed by atoms with Crippen molar-refractivity contribution in [3.05, 3.63) is 63.8 Å². The fourth-order valence-electron chi connectivity index (χ4n) is 3.55. The van der Waals surface area contributed by atoms with E-state index in [1.165, 1.54) is 0 Å². The van der Waals surface area contributed by atoms with Crippen LogP contribution in [0.1, 0.15) is 16.1 Å². The number of hydrogen-bond acceptors (Lipinski definition) is 5. The SMILES string of the molecule is Cc1onc(-c2ccccc2Cl)c1C(=O)N1CCN(c2ccc(N)cc2Cl)CC1. The number of aryl methyl sites for hydroxylation is 1. The summed E-state index contributed by atoms with van der Waals surface area (Å²) < 4.78 is 5.34. The number of amides is 1. The van der Waals surface area contributed by atoms with E-state index in [0.29, 0.717) is 64.5 Å². The summed E-state index contributed by atoms with van der Waals surface area (Å²) in [7, 11) is 0. The van der Waals surface area contributed by atoms with Crippen LogP contribution in [0.25, 0.3) is 11.3 Å². The molecule has 150 valence electrons. The average molecular weight is 431 g/mol. The van der Waals surface area contributed by atoms with Crippen LogP contribution < -0.4 is 10.6 Å². The number of hydrogen-bond donors (Lipinski definition) is 1. The number of halogens is 2. The minimum absolute atomic E-state index is 0.110. The van der Waals surface area contributed by atoms with Crippen molar-refractivity contribution < 1.29 is 9.32 Å². The van der Waals surface area contributed by atoms with Crippen molar-refractivity contribution in [3.63, 3.8) is 0 Å². The number of benzene rings is 2. The number of nitrogens with two attached hydrogens (primary N) is 1. The second kappa shape index (κ2) is 7.97. The molecular weight excluding hydrogens is 411 g/mol. The normalized spacial score (nSPS) is 14.3. The number of rotatable bonds is 3. The molecule has 0 saturated carbocycles. The maximum Gasteiger partial charge on any atom is 0.259 e. The Bertz CT molecular complexity index is 1060. The molecule has 0 bridgehead atoms. The lowest BCUT2D eigenvalue weighted by molar-refractivity contribution is 0.0745. The summed E-state index contributed by atoms with van der Waals surface area (Å²) in [6.45, 7) is 4.20. The van der Waals surface area contributed by atoms with E-state index in [2.05, 4.69) is 10.1 Å². The molecule has 1 amide bonds. The molecule has 2 N–H and O–H groups in total. The van der Waals surface area contributed by atoms with Crippen molar-refractivity contribution in [2.75, 3.05) is 36.8 Å². The van der Waals surface area contributed by atoms with Gasteiger partial charge in [-0.15, -0.1) is 0 Å². The third kappa shape index (κ3) is 3.78. The van der Waals surface area contributed by atoms with Crippen LogP contribution in [-0.4, -0.2) is 42.1 Å². The highest BCUT2D eigenvalue weighted by atomic mass is 35.5. The molecule has 8 heteroatoms. The molecule has 6 nitrogen and oxygen atoms in total. The predicted molar refractivity (Wildman–Crippen MR) is 116 cm³/mol. The molecule has 2 aromatic carbocycles. The third-order valence-corrected chi connectivity index (χ3v) is 5.72. The molecule has 0 aliphatic carbocycles. The van der Waals surface area contributed by atoms with E-state index in [0.717, 1.165) is 5.69 Å². The summed E-state index contributed by atoms with van der Waals surface area (Å²) in [6.07, 6.45) is 0. The highest BCUT2D eigenvalue weighted by Gasteiger charge is 2.29. The van der Waals surface area contributed by atoms with Crippen LogP contribution >= 0.6 is 23.2 Å². The van der Waals surface area contributed by atoms with E-state index < -0.39 is 0 Å². The van der Waals surface area contributed by atoms with E-state index in [1.807, 2.05) is 35.2 Å². The summed E-state index contributed by atoms with van der Waals surface area (Å²) in [5.74, 6) is 0.371. The molecule has 3 aromatic rings. The number of nitrogens with zero attached hydrogens (tertiary/aromatic N) is 3. The molecule has 1 aromatic heterocycles. The van der Waals surface area contributed by atoms with Crippen molar-refractivity contribution in [1.82, 2.24) is 10.1 Å². The van der Waals surface area contributed by atoms with Crippen molar-refractivity contribution in [2.24, 2.45) is 0 Å². The zero-order valence-corrected chi connectivity index (χ0v) is 17.4. The van der Waals surface area contributed by atoms with Gasteiger partial charge >= 0.3 is 0 Å². The summed E-state index contributed by atoms with van der Waals surface area (Å²) in [4.78, 5) is 17.2. The van der Waals surface area contributed by atoms with Crippen LogP contribution in [0.5, 0.6) is 0 Å². The fraction of sp³-hybridized carbons (Fsp3) is 0.238. The van der Waals surface area contributed by atoms with Crippen molar-refractivity contribution in [1.29, 1.82) is 0 Å². The molecule has 1 fully saturated rings. The van der Waals surface area contributed by atoms with Gasteiger partial charge in [0.1, 0.15) is 17.0 Å². The minimum Gasteiger partial charge on any atom is -0.399 e. The van der Waals surface area contributed by atoms with E-state index in [9.17, 15) is 4.79 Å². The standard InChI is InChI=1S/C21H20Cl2N4O2/c1-13-19(20(25-29-13)15-4-2-3-5-16(15)22)21(28)27-10-8-26(9-11-27)18-7-6-14(24)12-17(18)23/h2-7,12H,8-11,24H2,1H3. The van der Waals surface area contributed by atoms with Gasteiger partial charge in [0.15, 0.2) is 0 Å². The first-order chi connectivity index (χ1) is 14.0. The number of nitrogen functional groups attached to an aromatic ring is 1. The van der Waals surface area contributed by atoms with Gasteiger partial charge in [0.05, 0.1) is 15.7 Å². The minimum atomic E-state index is -0.110. The molecule has 29 heavy (non-hydrogen) atoms. The van der Waals surface area contributed by atoms with Gasteiger partial charge in [0.2, 0.25) is 0 Å². The van der Waals surface area contributed by atoms with Crippen LogP contribution in [0.15, 0.2) is 47.0 Å². The first kappa shape index (κ1) is 19.6. The second-order valence-electron chi connectivity index (χ2n) is 6.93. The van der Waals surface area contributed by atoms with Crippen LogP contribution in [0.3, 0.4) is 0 Å². The molecule has 0 radical (unpaired) electrons. The van der Waals surface area contributed by atoms with Gasteiger partial charge in [0.25, 0.3) is 5.91 Å². The van der Waals surface area contributed by atoms with Gasteiger partial charge in [-0.25, -0.2) is 0 Å². The van der Waals surface area contributed by atoms with Crippen molar-refractivity contribution >= 4 is 40.5 Å². The van der Waals surface area contributed by atoms with Gasteiger partial charge in [-0.3, -0.25) is 4.79 Å². The van der Waals surface area contributed by atoms with Crippen LogP contribution in [0.4, 0.5) is 11.4 Å². The lowest BCUT2D eigenvalue weighted by atomic mass is 10.0. The smallest absolute Gasteiger partial charge is 0.259 e. The van der Waals surface area contributed by atoms with E-state index in [1.54, 1.807) is 19.1 Å². The zero-order chi connectivity index (χ0) is 20.5. The average Bonchev–Trinajstić information content (AvgIpc) is 3.09. The number of anilines is 2. The quantitative estimate of drug-likeness (QED) is 0.618. The van der Waals surface area contributed by atoms with Gasteiger partial charge in [-0.1, -0.05) is 46.6 Å². The van der Waals surface area contributed by atoms with Gasteiger partial charge < -0.3 is 20.1 Å². The van der Waals surface area contributed by atoms with Crippen molar-refractivity contribution in [3.8, 4) is 11.3 Å². The van der Waals surface area contributed by atoms with Crippen LogP contribution in [-0.2, 0) is 0 Å². The molecule has 0 unspecified atom stereocenters. The van der Waals surface area contributed by atoms with Crippen LogP contribution in [0, 0.1) is 6.92 Å². The largest absolute Gasteiger partial charge is 0.399 e. The third-order valence-electron chi connectivity index (χ3n) is 5.08. The molecular formula is C21H20Cl2N4O2. The predicted octanol–water partition coefficient (Wildman–Crippen LogP) is 4.50. The Morgan fingerprint density at radius 1 is 1.07 bits per heavy atom. The Labute approximate surface area is 178 Å². The van der Waals surface area contributed by atoms with Gasteiger partial charge in [-0.05, 0) is 31.2 Å². The zero-order valence-electron chi connectivity index (χ0n) is 15.9. The fourth-order valence-corrected chi connectivity index (χ4v) is 4.08. The monoisotopic (exact) mass is 430 g/mol. The topological polar surface area (TPSA) is 75.6 Å². The maximum absolute atomic E-state index is 13.3. The molecule has 4 rings (SSSR count). The summed E-state index contributed by atoms with van der Waals surface area (Å²) in [5, 5.41) is 5.24. The van der Waals surface area contributed by atoms with Gasteiger partial charge in [-0.2, -0.15) is 0 Å². The summed E-state index contributed by atoms with van der Waals surface area (Å²) in [6, 6.07) is 12.8. The number of aromatic nitrogens is 1. The Hall–Kier alpha value is -2.70. The van der Waals surface area contributed by atoms with Crippen molar-refractivity contribution in [2.45, 2.75) is 6.92 Å². The Kier molecular flexibility index (Phi) is 5.39. The molecule has 1 aliphatic heterocycles. The molecule has 0 spiro atoms. The molecule has 2 heterocycles. The Morgan fingerprint density at radius 3 is 2.48 bits per heavy atom. The van der Waals surface area contributed by atoms with E-state index in [-0.39, 0.29) is 5.91 Å². The molecule has 1 saturated heterocycles. The lowest BCUT2D eigenvalue weighted by Crippen LogP contribution is -2.49. The lowest BCUT2D eigenvalue weighted by Gasteiger charge is -2.36. The molecule has 1 aliphatic rings. The Morgan fingerprint density at radius 2 is 1.79 bits per heavy atom. The highest BCUT2D eigenvalue weighted by Crippen LogP contribution is 2.33.